The average molecular weight is 213 g/mol. The highest BCUT2D eigenvalue weighted by atomic mass is 16.1. The van der Waals surface area contributed by atoms with Gasteiger partial charge in [0.15, 0.2) is 0 Å². The first-order chi connectivity index (χ1) is 6.87. The maximum atomic E-state index is 11.1. The Balaban J connectivity index is 2.86. The standard InChI is InChI=1S/C11H23N3O/c1-8(2)10-11(13,7-9(12)15)5-4-6-14(10)3/h8,10H,4-7,13H2,1-3H3,(H2,12,15). The molecule has 0 aromatic carbocycles. The van der Waals surface area contributed by atoms with Crippen molar-refractivity contribution in [1.29, 1.82) is 0 Å². The lowest BCUT2D eigenvalue weighted by atomic mass is 9.74. The van der Waals surface area contributed by atoms with Crippen LogP contribution < -0.4 is 11.5 Å². The third-order valence-electron chi connectivity index (χ3n) is 3.35. The van der Waals surface area contributed by atoms with E-state index in [9.17, 15) is 4.79 Å². The molecule has 0 spiro atoms. The zero-order valence-electron chi connectivity index (χ0n) is 9.99. The second kappa shape index (κ2) is 4.49. The van der Waals surface area contributed by atoms with Crippen LogP contribution >= 0.6 is 0 Å². The zero-order chi connectivity index (χ0) is 11.6. The quantitative estimate of drug-likeness (QED) is 0.708. The molecule has 0 bridgehead atoms. The lowest BCUT2D eigenvalue weighted by molar-refractivity contribution is -0.120. The Hall–Kier alpha value is -0.610. The molecule has 0 radical (unpaired) electrons. The van der Waals surface area contributed by atoms with Crippen molar-refractivity contribution in [3.8, 4) is 0 Å². The number of rotatable bonds is 3. The van der Waals surface area contributed by atoms with Gasteiger partial charge in [-0.25, -0.2) is 0 Å². The fourth-order valence-electron chi connectivity index (χ4n) is 3.07. The largest absolute Gasteiger partial charge is 0.370 e. The van der Waals surface area contributed by atoms with Crippen LogP contribution in [0.15, 0.2) is 0 Å². The van der Waals surface area contributed by atoms with E-state index < -0.39 is 5.54 Å². The number of carbonyl (C=O) groups excluding carboxylic acids is 1. The van der Waals surface area contributed by atoms with E-state index >= 15 is 0 Å². The number of hydrogen-bond acceptors (Lipinski definition) is 3. The van der Waals surface area contributed by atoms with Crippen LogP contribution in [0, 0.1) is 5.92 Å². The molecule has 2 atom stereocenters. The second-order valence-corrected chi connectivity index (χ2v) is 5.15. The molecule has 1 fully saturated rings. The van der Waals surface area contributed by atoms with Crippen molar-refractivity contribution in [2.75, 3.05) is 13.6 Å². The minimum absolute atomic E-state index is 0.249. The molecule has 0 aromatic heterocycles. The molecule has 1 amide bonds. The van der Waals surface area contributed by atoms with Crippen molar-refractivity contribution in [3.63, 3.8) is 0 Å². The van der Waals surface area contributed by atoms with Gasteiger partial charge in [-0.3, -0.25) is 4.79 Å². The van der Waals surface area contributed by atoms with E-state index in [0.717, 1.165) is 19.4 Å². The number of nitrogens with two attached hydrogens (primary N) is 2. The molecular weight excluding hydrogens is 190 g/mol. The Morgan fingerprint density at radius 1 is 1.60 bits per heavy atom. The molecule has 1 rings (SSSR count). The fraction of sp³-hybridized carbons (Fsp3) is 0.909. The lowest BCUT2D eigenvalue weighted by Crippen LogP contribution is -2.64. The topological polar surface area (TPSA) is 72.3 Å². The van der Waals surface area contributed by atoms with E-state index in [1.54, 1.807) is 0 Å². The van der Waals surface area contributed by atoms with Gasteiger partial charge < -0.3 is 16.4 Å². The van der Waals surface area contributed by atoms with Crippen LogP contribution in [-0.4, -0.2) is 36.0 Å². The summed E-state index contributed by atoms with van der Waals surface area (Å²) in [7, 11) is 2.08. The molecule has 1 aliphatic heterocycles. The third-order valence-corrected chi connectivity index (χ3v) is 3.35. The molecule has 1 saturated heterocycles. The Kier molecular flexibility index (Phi) is 3.73. The van der Waals surface area contributed by atoms with Crippen molar-refractivity contribution in [3.05, 3.63) is 0 Å². The maximum Gasteiger partial charge on any atom is 0.219 e. The summed E-state index contributed by atoms with van der Waals surface area (Å²) >= 11 is 0. The van der Waals surface area contributed by atoms with Crippen LogP contribution in [0.1, 0.15) is 33.1 Å². The summed E-state index contributed by atoms with van der Waals surface area (Å²) in [6.45, 7) is 5.35. The summed E-state index contributed by atoms with van der Waals surface area (Å²) in [5.41, 5.74) is 11.2. The molecule has 4 nitrogen and oxygen atoms in total. The first-order valence-corrected chi connectivity index (χ1v) is 5.64. The monoisotopic (exact) mass is 213 g/mol. The summed E-state index contributed by atoms with van der Waals surface area (Å²) in [5.74, 6) is 0.151. The van der Waals surface area contributed by atoms with Gasteiger partial charge in [-0.2, -0.15) is 0 Å². The molecular formula is C11H23N3O. The van der Waals surface area contributed by atoms with Gasteiger partial charge in [0.1, 0.15) is 0 Å². The molecule has 4 heteroatoms. The van der Waals surface area contributed by atoms with Crippen molar-refractivity contribution >= 4 is 5.91 Å². The fourth-order valence-corrected chi connectivity index (χ4v) is 3.07. The molecule has 1 aliphatic rings. The average Bonchev–Trinajstić information content (AvgIpc) is 1.99. The van der Waals surface area contributed by atoms with Gasteiger partial charge in [-0.15, -0.1) is 0 Å². The molecule has 2 unspecified atom stereocenters. The van der Waals surface area contributed by atoms with Gasteiger partial charge in [0.2, 0.25) is 5.91 Å². The number of piperidine rings is 1. The van der Waals surface area contributed by atoms with Gasteiger partial charge in [0.05, 0.1) is 0 Å². The Morgan fingerprint density at radius 2 is 2.20 bits per heavy atom. The normalized spacial score (nSPS) is 33.3. The smallest absolute Gasteiger partial charge is 0.219 e. The predicted molar refractivity (Wildman–Crippen MR) is 61.2 cm³/mol. The molecule has 0 aliphatic carbocycles. The van der Waals surface area contributed by atoms with Crippen molar-refractivity contribution in [2.45, 2.75) is 44.7 Å². The second-order valence-electron chi connectivity index (χ2n) is 5.15. The van der Waals surface area contributed by atoms with E-state index in [0.29, 0.717) is 12.3 Å². The van der Waals surface area contributed by atoms with E-state index in [2.05, 4.69) is 25.8 Å². The zero-order valence-corrected chi connectivity index (χ0v) is 9.99. The number of amides is 1. The van der Waals surface area contributed by atoms with Crippen LogP contribution in [0.5, 0.6) is 0 Å². The van der Waals surface area contributed by atoms with Crippen LogP contribution in [0.3, 0.4) is 0 Å². The molecule has 0 aromatic rings. The highest BCUT2D eigenvalue weighted by molar-refractivity contribution is 5.75. The number of carbonyl (C=O) groups is 1. The molecule has 4 N–H and O–H groups in total. The van der Waals surface area contributed by atoms with Gasteiger partial charge in [0, 0.05) is 18.0 Å². The number of hydrogen-bond donors (Lipinski definition) is 2. The van der Waals surface area contributed by atoms with E-state index in [1.807, 2.05) is 0 Å². The minimum atomic E-state index is -0.438. The highest BCUT2D eigenvalue weighted by Crippen LogP contribution is 2.31. The maximum absolute atomic E-state index is 11.1. The number of likely N-dealkylation sites (tertiary alicyclic amines) is 1. The third kappa shape index (κ3) is 2.69. The molecule has 15 heavy (non-hydrogen) atoms. The van der Waals surface area contributed by atoms with Crippen LogP contribution in [-0.2, 0) is 4.79 Å². The predicted octanol–water partition coefficient (Wildman–Crippen LogP) is 0.310. The Morgan fingerprint density at radius 3 is 2.67 bits per heavy atom. The van der Waals surface area contributed by atoms with Crippen LogP contribution in [0.25, 0.3) is 0 Å². The van der Waals surface area contributed by atoms with Gasteiger partial charge in [0.25, 0.3) is 0 Å². The minimum Gasteiger partial charge on any atom is -0.370 e. The number of primary amides is 1. The number of likely N-dealkylation sites (N-methyl/N-ethyl adjacent to an activating group) is 1. The molecule has 1 heterocycles. The first-order valence-electron chi connectivity index (χ1n) is 5.64. The summed E-state index contributed by atoms with van der Waals surface area (Å²) < 4.78 is 0. The van der Waals surface area contributed by atoms with Gasteiger partial charge in [-0.05, 0) is 32.4 Å². The van der Waals surface area contributed by atoms with E-state index in [4.69, 9.17) is 11.5 Å². The SMILES string of the molecule is CC(C)C1N(C)CCCC1(N)CC(N)=O. The first kappa shape index (κ1) is 12.5. The van der Waals surface area contributed by atoms with Gasteiger partial charge >= 0.3 is 0 Å². The Labute approximate surface area is 92.0 Å². The van der Waals surface area contributed by atoms with Gasteiger partial charge in [-0.1, -0.05) is 13.8 Å². The van der Waals surface area contributed by atoms with Crippen molar-refractivity contribution in [1.82, 2.24) is 4.90 Å². The summed E-state index contributed by atoms with van der Waals surface area (Å²) in [6.07, 6.45) is 2.23. The summed E-state index contributed by atoms with van der Waals surface area (Å²) in [4.78, 5) is 13.3. The number of nitrogens with zero attached hydrogens (tertiary/aromatic N) is 1. The molecule has 0 saturated carbocycles. The summed E-state index contributed by atoms with van der Waals surface area (Å²) in [6, 6.07) is 0.249. The Bertz CT molecular complexity index is 242. The van der Waals surface area contributed by atoms with Crippen LogP contribution in [0.2, 0.25) is 0 Å². The van der Waals surface area contributed by atoms with Crippen molar-refractivity contribution in [2.24, 2.45) is 17.4 Å². The summed E-state index contributed by atoms with van der Waals surface area (Å²) in [5, 5.41) is 0. The highest BCUT2D eigenvalue weighted by Gasteiger charge is 2.42. The van der Waals surface area contributed by atoms with Crippen molar-refractivity contribution < 1.29 is 4.79 Å². The van der Waals surface area contributed by atoms with E-state index in [1.165, 1.54) is 0 Å². The van der Waals surface area contributed by atoms with E-state index in [-0.39, 0.29) is 11.9 Å². The lowest BCUT2D eigenvalue weighted by Gasteiger charge is -2.48. The van der Waals surface area contributed by atoms with Crippen LogP contribution in [0.4, 0.5) is 0 Å². The molecule has 88 valence electrons.